The Kier molecular flexibility index (Phi) is 5.93. The molecule has 0 saturated heterocycles. The molecule has 0 radical (unpaired) electrons. The van der Waals surface area contributed by atoms with E-state index in [1.165, 1.54) is 7.11 Å². The monoisotopic (exact) mass is 289 g/mol. The quantitative estimate of drug-likeness (QED) is 0.434. The predicted octanol–water partition coefficient (Wildman–Crippen LogP) is 1.26. The lowest BCUT2D eigenvalue weighted by Gasteiger charge is -2.15. The maximum atomic E-state index is 11.7. The van der Waals surface area contributed by atoms with Crippen molar-refractivity contribution in [3.63, 3.8) is 0 Å². The van der Waals surface area contributed by atoms with E-state index in [4.69, 9.17) is 9.47 Å². The number of carbonyl (C=O) groups is 1. The number of hydrogen-bond donors (Lipinski definition) is 2. The molecule has 2 aromatic rings. The van der Waals surface area contributed by atoms with E-state index in [9.17, 15) is 4.79 Å². The van der Waals surface area contributed by atoms with Crippen LogP contribution in [0.4, 0.5) is 0 Å². The van der Waals surface area contributed by atoms with Crippen LogP contribution in [-0.2, 0) is 27.3 Å². The van der Waals surface area contributed by atoms with Gasteiger partial charge in [-0.15, -0.1) is 0 Å². The number of hydrogen-bond acceptors (Lipinski definition) is 5. The lowest BCUT2D eigenvalue weighted by molar-refractivity contribution is -0.143. The number of rotatable bonds is 8. The van der Waals surface area contributed by atoms with Gasteiger partial charge in [-0.1, -0.05) is 30.3 Å². The molecule has 0 aliphatic heterocycles. The van der Waals surface area contributed by atoms with E-state index in [2.05, 4.69) is 15.3 Å². The lowest BCUT2D eigenvalue weighted by atomic mass is 10.2. The van der Waals surface area contributed by atoms with E-state index < -0.39 is 6.04 Å². The minimum absolute atomic E-state index is 0.267. The Balaban J connectivity index is 1.78. The molecule has 0 saturated carbocycles. The highest BCUT2D eigenvalue weighted by Crippen LogP contribution is 2.02. The van der Waals surface area contributed by atoms with Gasteiger partial charge < -0.3 is 14.5 Å². The number of imidazole rings is 1. The van der Waals surface area contributed by atoms with Crippen LogP contribution in [0, 0.1) is 0 Å². The highest BCUT2D eigenvalue weighted by molar-refractivity contribution is 5.75. The van der Waals surface area contributed by atoms with Gasteiger partial charge in [-0.25, -0.2) is 4.98 Å². The lowest BCUT2D eigenvalue weighted by Crippen LogP contribution is -2.40. The Morgan fingerprint density at radius 1 is 1.38 bits per heavy atom. The van der Waals surface area contributed by atoms with E-state index in [1.807, 2.05) is 30.3 Å². The van der Waals surface area contributed by atoms with E-state index in [0.717, 1.165) is 11.3 Å². The third-order valence-corrected chi connectivity index (χ3v) is 3.01. The molecular formula is C15H19N3O3. The summed E-state index contributed by atoms with van der Waals surface area (Å²) in [5.41, 5.74) is 1.95. The standard InChI is InChI=1S/C15H19N3O3/c1-20-15(19)14(7-13-8-16-10-17-13)18-11-21-9-12-5-3-2-4-6-12/h2-6,8,10,14,18H,7,9,11H2,1H3,(H,16,17)/t14-/m0/s1. The molecule has 6 heteroatoms. The SMILES string of the molecule is COC(=O)[C@H](Cc1cnc[nH]1)NCOCc1ccccc1. The van der Waals surface area contributed by atoms with Crippen LogP contribution in [0.2, 0.25) is 0 Å². The summed E-state index contributed by atoms with van der Waals surface area (Å²) in [5.74, 6) is -0.326. The molecule has 0 unspecified atom stereocenters. The molecule has 112 valence electrons. The van der Waals surface area contributed by atoms with Crippen LogP contribution < -0.4 is 5.32 Å². The van der Waals surface area contributed by atoms with Crippen LogP contribution in [0.1, 0.15) is 11.3 Å². The van der Waals surface area contributed by atoms with Crippen LogP contribution in [-0.4, -0.2) is 35.8 Å². The normalized spacial score (nSPS) is 12.0. The minimum atomic E-state index is -0.466. The molecule has 0 amide bonds. The van der Waals surface area contributed by atoms with Crippen molar-refractivity contribution in [1.29, 1.82) is 0 Å². The average molecular weight is 289 g/mol. The van der Waals surface area contributed by atoms with Crippen molar-refractivity contribution in [3.8, 4) is 0 Å². The van der Waals surface area contributed by atoms with Crippen molar-refractivity contribution in [3.05, 3.63) is 54.1 Å². The van der Waals surface area contributed by atoms with E-state index in [0.29, 0.717) is 13.0 Å². The first-order chi connectivity index (χ1) is 10.3. The molecule has 0 fully saturated rings. The number of nitrogens with one attached hydrogen (secondary N) is 2. The van der Waals surface area contributed by atoms with Crippen LogP contribution in [0.25, 0.3) is 0 Å². The van der Waals surface area contributed by atoms with E-state index >= 15 is 0 Å². The first kappa shape index (κ1) is 15.2. The van der Waals surface area contributed by atoms with Crippen molar-refractivity contribution < 1.29 is 14.3 Å². The largest absolute Gasteiger partial charge is 0.468 e. The zero-order valence-electron chi connectivity index (χ0n) is 11.9. The molecule has 6 nitrogen and oxygen atoms in total. The molecule has 21 heavy (non-hydrogen) atoms. The third-order valence-electron chi connectivity index (χ3n) is 3.01. The zero-order valence-corrected chi connectivity index (χ0v) is 11.9. The molecular weight excluding hydrogens is 270 g/mol. The number of aromatic nitrogens is 2. The third kappa shape index (κ3) is 5.02. The van der Waals surface area contributed by atoms with Gasteiger partial charge in [-0.3, -0.25) is 10.1 Å². The Bertz CT molecular complexity index is 528. The van der Waals surface area contributed by atoms with Crippen LogP contribution in [0.15, 0.2) is 42.9 Å². The Morgan fingerprint density at radius 2 is 2.19 bits per heavy atom. The number of ether oxygens (including phenoxy) is 2. The van der Waals surface area contributed by atoms with Crippen LogP contribution in [0.3, 0.4) is 0 Å². The molecule has 1 atom stereocenters. The highest BCUT2D eigenvalue weighted by atomic mass is 16.5. The molecule has 1 heterocycles. The maximum Gasteiger partial charge on any atom is 0.323 e. The Labute approximate surface area is 123 Å². The topological polar surface area (TPSA) is 76.2 Å². The second-order valence-corrected chi connectivity index (χ2v) is 4.54. The van der Waals surface area contributed by atoms with Gasteiger partial charge in [-0.05, 0) is 5.56 Å². The Hall–Kier alpha value is -2.18. The fourth-order valence-electron chi connectivity index (χ4n) is 1.90. The van der Waals surface area contributed by atoms with Crippen molar-refractivity contribution in [1.82, 2.24) is 15.3 Å². The summed E-state index contributed by atoms with van der Waals surface area (Å²) >= 11 is 0. The molecule has 0 bridgehead atoms. The molecule has 0 spiro atoms. The van der Waals surface area contributed by atoms with E-state index in [-0.39, 0.29) is 12.7 Å². The zero-order chi connectivity index (χ0) is 14.9. The fourth-order valence-corrected chi connectivity index (χ4v) is 1.90. The summed E-state index contributed by atoms with van der Waals surface area (Å²) in [5, 5.41) is 3.03. The molecule has 1 aromatic carbocycles. The van der Waals surface area contributed by atoms with Gasteiger partial charge in [0.15, 0.2) is 0 Å². The van der Waals surface area contributed by atoms with Gasteiger partial charge >= 0.3 is 5.97 Å². The second kappa shape index (κ2) is 8.18. The van der Waals surface area contributed by atoms with Gasteiger partial charge in [-0.2, -0.15) is 0 Å². The summed E-state index contributed by atoms with van der Waals surface area (Å²) in [4.78, 5) is 18.6. The van der Waals surface area contributed by atoms with Gasteiger partial charge in [0.2, 0.25) is 0 Å². The molecule has 0 aliphatic rings. The van der Waals surface area contributed by atoms with Crippen molar-refractivity contribution in [2.24, 2.45) is 0 Å². The first-order valence-corrected chi connectivity index (χ1v) is 6.69. The summed E-state index contributed by atoms with van der Waals surface area (Å²) < 4.78 is 10.3. The molecule has 1 aromatic heterocycles. The summed E-state index contributed by atoms with van der Waals surface area (Å²) in [6, 6.07) is 9.39. The number of carbonyl (C=O) groups excluding carboxylic acids is 1. The van der Waals surface area contributed by atoms with Crippen molar-refractivity contribution in [2.75, 3.05) is 13.8 Å². The summed E-state index contributed by atoms with van der Waals surface area (Å²) in [7, 11) is 1.37. The van der Waals surface area contributed by atoms with Gasteiger partial charge in [0.25, 0.3) is 0 Å². The Morgan fingerprint density at radius 3 is 2.86 bits per heavy atom. The highest BCUT2D eigenvalue weighted by Gasteiger charge is 2.19. The fraction of sp³-hybridized carbons (Fsp3) is 0.333. The summed E-state index contributed by atoms with van der Waals surface area (Å²) in [6.07, 6.45) is 3.74. The number of nitrogens with zero attached hydrogens (tertiary/aromatic N) is 1. The predicted molar refractivity (Wildman–Crippen MR) is 77.3 cm³/mol. The minimum Gasteiger partial charge on any atom is -0.468 e. The number of H-pyrrole nitrogens is 1. The number of benzene rings is 1. The first-order valence-electron chi connectivity index (χ1n) is 6.69. The maximum absolute atomic E-state index is 11.7. The summed E-state index contributed by atoms with van der Waals surface area (Å²) in [6.45, 7) is 0.759. The second-order valence-electron chi connectivity index (χ2n) is 4.54. The smallest absolute Gasteiger partial charge is 0.323 e. The van der Waals surface area contributed by atoms with Crippen LogP contribution in [0.5, 0.6) is 0 Å². The van der Waals surface area contributed by atoms with Crippen LogP contribution >= 0.6 is 0 Å². The molecule has 2 rings (SSSR count). The number of aromatic amines is 1. The number of esters is 1. The van der Waals surface area contributed by atoms with Crippen molar-refractivity contribution >= 4 is 5.97 Å². The van der Waals surface area contributed by atoms with E-state index in [1.54, 1.807) is 12.5 Å². The van der Waals surface area contributed by atoms with Gasteiger partial charge in [0, 0.05) is 18.3 Å². The molecule has 2 N–H and O–H groups in total. The van der Waals surface area contributed by atoms with Gasteiger partial charge in [0.1, 0.15) is 6.04 Å². The number of methoxy groups -OCH3 is 1. The van der Waals surface area contributed by atoms with Crippen molar-refractivity contribution in [2.45, 2.75) is 19.1 Å². The average Bonchev–Trinajstić information content (AvgIpc) is 3.03. The van der Waals surface area contributed by atoms with Gasteiger partial charge in [0.05, 0.1) is 26.8 Å². The molecule has 0 aliphatic carbocycles.